The normalized spacial score (nSPS) is 22.1. The van der Waals surface area contributed by atoms with E-state index in [9.17, 15) is 9.59 Å². The first-order valence-electron chi connectivity index (χ1n) is 9.86. The van der Waals surface area contributed by atoms with Gasteiger partial charge in [0.1, 0.15) is 5.78 Å². The van der Waals surface area contributed by atoms with E-state index in [0.29, 0.717) is 18.2 Å². The second-order valence-corrected chi connectivity index (χ2v) is 8.58. The molecule has 0 spiro atoms. The van der Waals surface area contributed by atoms with Gasteiger partial charge in [0.15, 0.2) is 0 Å². The molecule has 1 atom stereocenters. The predicted octanol–water partition coefficient (Wildman–Crippen LogP) is 4.34. The summed E-state index contributed by atoms with van der Waals surface area (Å²) in [7, 11) is 0. The zero-order chi connectivity index (χ0) is 17.6. The van der Waals surface area contributed by atoms with Crippen molar-refractivity contribution in [1.82, 2.24) is 9.88 Å². The highest BCUT2D eigenvalue weighted by Gasteiger charge is 2.31. The molecule has 1 aromatic rings. The molecule has 1 aliphatic carbocycles. The molecule has 1 aromatic heterocycles. The van der Waals surface area contributed by atoms with Crippen LogP contribution < -0.4 is 0 Å². The maximum atomic E-state index is 12.8. The van der Waals surface area contributed by atoms with E-state index in [-0.39, 0.29) is 11.7 Å². The van der Waals surface area contributed by atoms with Gasteiger partial charge >= 0.3 is 0 Å². The fourth-order valence-corrected chi connectivity index (χ4v) is 5.11. The molecule has 2 aliphatic rings. The molecule has 1 unspecified atom stereocenters. The van der Waals surface area contributed by atoms with Crippen molar-refractivity contribution < 1.29 is 9.59 Å². The molecular formula is C20H30N2O2S. The van der Waals surface area contributed by atoms with Crippen molar-refractivity contribution in [3.8, 4) is 0 Å². The first kappa shape index (κ1) is 18.6. The summed E-state index contributed by atoms with van der Waals surface area (Å²) in [5, 5.41) is 3.32. The molecular weight excluding hydrogens is 332 g/mol. The first-order valence-corrected chi connectivity index (χ1v) is 10.7. The van der Waals surface area contributed by atoms with Crippen molar-refractivity contribution in [2.45, 2.75) is 77.0 Å². The molecule has 0 aromatic carbocycles. The van der Waals surface area contributed by atoms with Crippen LogP contribution in [0.1, 0.15) is 81.3 Å². The minimum absolute atomic E-state index is 0.250. The number of hydrogen-bond donors (Lipinski definition) is 0. The van der Waals surface area contributed by atoms with Gasteiger partial charge in [0.05, 0.1) is 10.7 Å². The minimum atomic E-state index is 0.250. The Kier molecular flexibility index (Phi) is 6.63. The Morgan fingerprint density at radius 3 is 2.76 bits per heavy atom. The van der Waals surface area contributed by atoms with E-state index in [1.54, 1.807) is 18.3 Å². The van der Waals surface area contributed by atoms with E-state index in [1.807, 2.05) is 0 Å². The molecule has 5 heteroatoms. The number of carbonyl (C=O) groups excluding carboxylic acids is 2. The maximum absolute atomic E-state index is 12.8. The van der Waals surface area contributed by atoms with Crippen LogP contribution in [-0.2, 0) is 16.0 Å². The Labute approximate surface area is 155 Å². The third-order valence-corrected chi connectivity index (χ3v) is 6.62. The molecule has 0 bridgehead atoms. The van der Waals surface area contributed by atoms with Crippen molar-refractivity contribution >= 4 is 23.0 Å². The van der Waals surface area contributed by atoms with Crippen LogP contribution in [0.2, 0.25) is 0 Å². The van der Waals surface area contributed by atoms with E-state index in [2.05, 4.69) is 10.3 Å². The zero-order valence-corrected chi connectivity index (χ0v) is 16.2. The van der Waals surface area contributed by atoms with Crippen LogP contribution in [0.3, 0.4) is 0 Å². The van der Waals surface area contributed by atoms with Crippen molar-refractivity contribution in [3.63, 3.8) is 0 Å². The minimum Gasteiger partial charge on any atom is -0.342 e. The van der Waals surface area contributed by atoms with Crippen molar-refractivity contribution in [1.29, 1.82) is 0 Å². The van der Waals surface area contributed by atoms with E-state index < -0.39 is 0 Å². The summed E-state index contributed by atoms with van der Waals surface area (Å²) in [4.78, 5) is 30.8. The number of likely N-dealkylation sites (tertiary alicyclic amines) is 1. The molecule has 0 N–H and O–H groups in total. The van der Waals surface area contributed by atoms with Gasteiger partial charge in [-0.15, -0.1) is 11.3 Å². The lowest BCUT2D eigenvalue weighted by atomic mass is 9.87. The molecule has 25 heavy (non-hydrogen) atoms. The number of ketones is 1. The standard InChI is InChI=1S/C20H30N2O2S/c1-15(23)7-5-11-18-14-25-19(21-18)17-10-6-12-22(13-17)20(24)16-8-3-2-4-9-16/h14,16-17H,2-13H2,1H3. The summed E-state index contributed by atoms with van der Waals surface area (Å²) in [5.41, 5.74) is 1.11. The number of aryl methyl sites for hydroxylation is 1. The largest absolute Gasteiger partial charge is 0.342 e. The van der Waals surface area contributed by atoms with Crippen LogP contribution in [-0.4, -0.2) is 34.7 Å². The first-order chi connectivity index (χ1) is 12.1. The lowest BCUT2D eigenvalue weighted by Gasteiger charge is -2.35. The Hall–Kier alpha value is -1.23. The number of carbonyl (C=O) groups is 2. The zero-order valence-electron chi connectivity index (χ0n) is 15.3. The lowest BCUT2D eigenvalue weighted by Crippen LogP contribution is -2.42. The Morgan fingerprint density at radius 1 is 1.20 bits per heavy atom. The van der Waals surface area contributed by atoms with Gasteiger partial charge in [0.2, 0.25) is 5.91 Å². The second kappa shape index (κ2) is 8.93. The van der Waals surface area contributed by atoms with Crippen LogP contribution in [0.25, 0.3) is 0 Å². The number of rotatable bonds is 6. The fraction of sp³-hybridized carbons (Fsp3) is 0.750. The fourth-order valence-electron chi connectivity index (χ4n) is 4.13. The van der Waals surface area contributed by atoms with Crippen LogP contribution >= 0.6 is 11.3 Å². The van der Waals surface area contributed by atoms with Gasteiger partial charge in [-0.25, -0.2) is 4.98 Å². The summed E-state index contributed by atoms with van der Waals surface area (Å²) >= 11 is 1.73. The van der Waals surface area contributed by atoms with E-state index >= 15 is 0 Å². The molecule has 0 radical (unpaired) electrons. The van der Waals surface area contributed by atoms with E-state index in [1.165, 1.54) is 24.3 Å². The van der Waals surface area contributed by atoms with Gasteiger partial charge in [-0.05, 0) is 45.4 Å². The maximum Gasteiger partial charge on any atom is 0.225 e. The number of aromatic nitrogens is 1. The number of piperidine rings is 1. The molecule has 2 heterocycles. The molecule has 1 saturated carbocycles. The van der Waals surface area contributed by atoms with Crippen LogP contribution in [0.4, 0.5) is 0 Å². The number of hydrogen-bond acceptors (Lipinski definition) is 4. The molecule has 1 aliphatic heterocycles. The van der Waals surface area contributed by atoms with Crippen molar-refractivity contribution in [2.24, 2.45) is 5.92 Å². The molecule has 1 amide bonds. The van der Waals surface area contributed by atoms with Gasteiger partial charge in [-0.1, -0.05) is 19.3 Å². The molecule has 138 valence electrons. The Bertz CT molecular complexity index is 592. The summed E-state index contributed by atoms with van der Waals surface area (Å²) in [6.45, 7) is 3.41. The highest BCUT2D eigenvalue weighted by molar-refractivity contribution is 7.09. The van der Waals surface area contributed by atoms with Crippen LogP contribution in [0.5, 0.6) is 0 Å². The van der Waals surface area contributed by atoms with Crippen LogP contribution in [0, 0.1) is 5.92 Å². The van der Waals surface area contributed by atoms with Crippen molar-refractivity contribution in [3.05, 3.63) is 16.1 Å². The van der Waals surface area contributed by atoms with Gasteiger partial charge in [-0.2, -0.15) is 0 Å². The average Bonchev–Trinajstić information content (AvgIpc) is 3.10. The summed E-state index contributed by atoms with van der Waals surface area (Å²) in [6, 6.07) is 0. The monoisotopic (exact) mass is 362 g/mol. The van der Waals surface area contributed by atoms with E-state index in [4.69, 9.17) is 4.98 Å². The molecule has 2 fully saturated rings. The van der Waals surface area contributed by atoms with Gasteiger partial charge < -0.3 is 9.69 Å². The second-order valence-electron chi connectivity index (χ2n) is 7.69. The third kappa shape index (κ3) is 5.13. The number of Topliss-reactive ketones (excluding diaryl/α,β-unsaturated/α-hetero) is 1. The highest BCUT2D eigenvalue weighted by Crippen LogP contribution is 2.32. The van der Waals surface area contributed by atoms with Crippen LogP contribution in [0.15, 0.2) is 5.38 Å². The molecule has 4 nitrogen and oxygen atoms in total. The number of thiazole rings is 1. The number of nitrogens with zero attached hydrogens (tertiary/aromatic N) is 2. The Balaban J connectivity index is 1.55. The van der Waals surface area contributed by atoms with Crippen molar-refractivity contribution in [2.75, 3.05) is 13.1 Å². The van der Waals surface area contributed by atoms with Gasteiger partial charge in [0.25, 0.3) is 0 Å². The summed E-state index contributed by atoms with van der Waals surface area (Å²) in [6.07, 6.45) is 10.5. The highest BCUT2D eigenvalue weighted by atomic mass is 32.1. The summed E-state index contributed by atoms with van der Waals surface area (Å²) < 4.78 is 0. The topological polar surface area (TPSA) is 50.3 Å². The quantitative estimate of drug-likeness (QED) is 0.756. The third-order valence-electron chi connectivity index (χ3n) is 5.57. The molecule has 1 saturated heterocycles. The lowest BCUT2D eigenvalue weighted by molar-refractivity contribution is -0.137. The SMILES string of the molecule is CC(=O)CCCc1csc(C2CCCN(C(=O)C3CCCCC3)C2)n1. The molecule has 3 rings (SSSR count). The average molecular weight is 363 g/mol. The predicted molar refractivity (Wildman–Crippen MR) is 101 cm³/mol. The number of amides is 1. The van der Waals surface area contributed by atoms with Gasteiger partial charge in [0, 0.05) is 36.7 Å². The van der Waals surface area contributed by atoms with Gasteiger partial charge in [-0.3, -0.25) is 4.79 Å². The Morgan fingerprint density at radius 2 is 2.00 bits per heavy atom. The smallest absolute Gasteiger partial charge is 0.225 e. The van der Waals surface area contributed by atoms with E-state index in [0.717, 1.165) is 57.3 Å². The summed E-state index contributed by atoms with van der Waals surface area (Å²) in [5.74, 6) is 1.31.